The van der Waals surface area contributed by atoms with E-state index in [2.05, 4.69) is 4.72 Å². The van der Waals surface area contributed by atoms with Crippen molar-refractivity contribution in [3.63, 3.8) is 0 Å². The summed E-state index contributed by atoms with van der Waals surface area (Å²) in [4.78, 5) is 24.6. The summed E-state index contributed by atoms with van der Waals surface area (Å²) in [5, 5.41) is 9.24. The van der Waals surface area contributed by atoms with Crippen molar-refractivity contribution >= 4 is 27.6 Å². The van der Waals surface area contributed by atoms with Crippen LogP contribution in [0.1, 0.15) is 45.1 Å². The Balaban J connectivity index is 2.32. The second kappa shape index (κ2) is 7.97. The summed E-state index contributed by atoms with van der Waals surface area (Å²) < 4.78 is 27.5. The molecule has 0 radical (unpaired) electrons. The Labute approximate surface area is 148 Å². The molecule has 0 unspecified atom stereocenters. The van der Waals surface area contributed by atoms with Gasteiger partial charge in [0.2, 0.25) is 15.9 Å². The molecule has 0 aliphatic carbocycles. The minimum Gasteiger partial charge on any atom is -0.480 e. The Morgan fingerprint density at radius 3 is 2.68 bits per heavy atom. The number of carbonyl (C=O) groups is 2. The molecule has 0 fully saturated rings. The van der Waals surface area contributed by atoms with E-state index in [0.29, 0.717) is 18.7 Å². The average molecular weight is 368 g/mol. The first-order valence-corrected chi connectivity index (χ1v) is 9.90. The number of unbranched alkanes of at least 4 members (excludes halogenated alkanes) is 1. The first-order chi connectivity index (χ1) is 11.8. The highest BCUT2D eigenvalue weighted by molar-refractivity contribution is 7.89. The molecule has 1 atom stereocenters. The molecule has 138 valence electrons. The molecule has 0 spiro atoms. The van der Waals surface area contributed by atoms with Crippen LogP contribution in [0.25, 0.3) is 0 Å². The van der Waals surface area contributed by atoms with Crippen LogP contribution >= 0.6 is 0 Å². The lowest BCUT2D eigenvalue weighted by Crippen LogP contribution is -2.41. The molecular formula is C17H24N2O5S. The SMILES string of the molecule is CCCC[C@H](NS(=O)(=O)c1ccc2c(c1)N(C(C)=O)CCC2)C(=O)O. The van der Waals surface area contributed by atoms with Crippen LogP contribution in [-0.4, -0.2) is 38.0 Å². The predicted molar refractivity (Wildman–Crippen MR) is 94.1 cm³/mol. The summed E-state index contributed by atoms with van der Waals surface area (Å²) in [7, 11) is -3.99. The van der Waals surface area contributed by atoms with E-state index in [1.54, 1.807) is 11.0 Å². The third-order valence-electron chi connectivity index (χ3n) is 4.31. The van der Waals surface area contributed by atoms with Crippen LogP contribution in [0.5, 0.6) is 0 Å². The Bertz CT molecular complexity index is 760. The smallest absolute Gasteiger partial charge is 0.321 e. The molecule has 0 saturated carbocycles. The molecular weight excluding hydrogens is 344 g/mol. The van der Waals surface area contributed by atoms with Crippen molar-refractivity contribution in [2.45, 2.75) is 56.9 Å². The third kappa shape index (κ3) is 4.58. The number of nitrogens with zero attached hydrogens (tertiary/aromatic N) is 1. The monoisotopic (exact) mass is 368 g/mol. The lowest BCUT2D eigenvalue weighted by molar-refractivity contribution is -0.139. The third-order valence-corrected chi connectivity index (χ3v) is 5.78. The van der Waals surface area contributed by atoms with Gasteiger partial charge in [-0.25, -0.2) is 8.42 Å². The van der Waals surface area contributed by atoms with E-state index >= 15 is 0 Å². The van der Waals surface area contributed by atoms with Crippen molar-refractivity contribution in [3.8, 4) is 0 Å². The normalized spacial score (nSPS) is 15.5. The van der Waals surface area contributed by atoms with Gasteiger partial charge in [0.15, 0.2) is 0 Å². The van der Waals surface area contributed by atoms with E-state index in [9.17, 15) is 23.1 Å². The zero-order valence-corrected chi connectivity index (χ0v) is 15.3. The number of carboxylic acids is 1. The topological polar surface area (TPSA) is 104 Å². The van der Waals surface area contributed by atoms with Crippen molar-refractivity contribution in [2.24, 2.45) is 0 Å². The van der Waals surface area contributed by atoms with E-state index in [4.69, 9.17) is 0 Å². The molecule has 8 heteroatoms. The van der Waals surface area contributed by atoms with Crippen molar-refractivity contribution in [2.75, 3.05) is 11.4 Å². The van der Waals surface area contributed by atoms with Crippen LogP contribution < -0.4 is 9.62 Å². The van der Waals surface area contributed by atoms with E-state index in [1.165, 1.54) is 19.1 Å². The first-order valence-electron chi connectivity index (χ1n) is 8.42. The molecule has 1 aromatic rings. The second-order valence-electron chi connectivity index (χ2n) is 6.22. The number of anilines is 1. The van der Waals surface area contributed by atoms with E-state index in [1.807, 2.05) is 6.92 Å². The van der Waals surface area contributed by atoms with Crippen LogP contribution in [0.3, 0.4) is 0 Å². The maximum atomic E-state index is 12.6. The number of benzene rings is 1. The van der Waals surface area contributed by atoms with Gasteiger partial charge in [0, 0.05) is 19.2 Å². The molecule has 25 heavy (non-hydrogen) atoms. The number of rotatable bonds is 7. The Morgan fingerprint density at radius 1 is 1.36 bits per heavy atom. The maximum Gasteiger partial charge on any atom is 0.321 e. The van der Waals surface area contributed by atoms with E-state index in [-0.39, 0.29) is 17.2 Å². The number of carbonyl (C=O) groups excluding carboxylic acids is 1. The second-order valence-corrected chi connectivity index (χ2v) is 7.93. The Hall–Kier alpha value is -1.93. The Kier molecular flexibility index (Phi) is 6.18. The minimum absolute atomic E-state index is 0.0258. The fraction of sp³-hybridized carbons (Fsp3) is 0.529. The van der Waals surface area contributed by atoms with Crippen molar-refractivity contribution in [1.29, 1.82) is 0 Å². The summed E-state index contributed by atoms with van der Waals surface area (Å²) in [5.41, 5.74) is 1.50. The molecule has 1 aliphatic heterocycles. The highest BCUT2D eigenvalue weighted by Gasteiger charge is 2.27. The number of hydrogen-bond acceptors (Lipinski definition) is 4. The van der Waals surface area contributed by atoms with Crippen molar-refractivity contribution in [3.05, 3.63) is 23.8 Å². The maximum absolute atomic E-state index is 12.6. The fourth-order valence-corrected chi connectivity index (χ4v) is 4.19. The van der Waals surface area contributed by atoms with Gasteiger partial charge in [-0.2, -0.15) is 4.72 Å². The highest BCUT2D eigenvalue weighted by atomic mass is 32.2. The Morgan fingerprint density at radius 2 is 2.08 bits per heavy atom. The van der Waals surface area contributed by atoms with Gasteiger partial charge < -0.3 is 10.0 Å². The molecule has 7 nitrogen and oxygen atoms in total. The summed E-state index contributed by atoms with van der Waals surface area (Å²) in [6, 6.07) is 3.45. The average Bonchev–Trinajstić information content (AvgIpc) is 2.57. The van der Waals surface area contributed by atoms with E-state index in [0.717, 1.165) is 24.8 Å². The van der Waals surface area contributed by atoms with Crippen LogP contribution in [0.4, 0.5) is 5.69 Å². The molecule has 0 saturated heterocycles. The number of aliphatic carboxylic acids is 1. The van der Waals surface area contributed by atoms with Gasteiger partial charge in [-0.15, -0.1) is 0 Å². The summed E-state index contributed by atoms with van der Waals surface area (Å²) in [6.45, 7) is 3.90. The van der Waals surface area contributed by atoms with Crippen LogP contribution in [0, 0.1) is 0 Å². The molecule has 1 heterocycles. The van der Waals surface area contributed by atoms with E-state index < -0.39 is 22.0 Å². The minimum atomic E-state index is -3.99. The molecule has 2 N–H and O–H groups in total. The molecule has 0 bridgehead atoms. The number of hydrogen-bond donors (Lipinski definition) is 2. The number of aryl methyl sites for hydroxylation is 1. The van der Waals surface area contributed by atoms with Gasteiger partial charge in [0.25, 0.3) is 0 Å². The summed E-state index contributed by atoms with van der Waals surface area (Å²) in [5.74, 6) is -1.34. The van der Waals surface area contributed by atoms with Gasteiger partial charge in [-0.05, 0) is 37.0 Å². The molecule has 1 amide bonds. The van der Waals surface area contributed by atoms with Crippen molar-refractivity contribution in [1.82, 2.24) is 4.72 Å². The predicted octanol–water partition coefficient (Wildman–Crippen LogP) is 1.91. The number of carboxylic acid groups (broad SMARTS) is 1. The van der Waals surface area contributed by atoms with Gasteiger partial charge in [0.1, 0.15) is 6.04 Å². The number of amides is 1. The molecule has 2 rings (SSSR count). The first kappa shape index (κ1) is 19.4. The van der Waals surface area contributed by atoms with Crippen LogP contribution in [0.2, 0.25) is 0 Å². The number of nitrogens with one attached hydrogen (secondary N) is 1. The highest BCUT2D eigenvalue weighted by Crippen LogP contribution is 2.30. The molecule has 1 aliphatic rings. The molecule has 1 aromatic carbocycles. The number of fused-ring (bicyclic) bond motifs is 1. The quantitative estimate of drug-likeness (QED) is 0.765. The lowest BCUT2D eigenvalue weighted by atomic mass is 10.0. The molecule has 0 aromatic heterocycles. The van der Waals surface area contributed by atoms with Crippen molar-refractivity contribution < 1.29 is 23.1 Å². The van der Waals surface area contributed by atoms with Gasteiger partial charge in [-0.3, -0.25) is 9.59 Å². The summed E-state index contributed by atoms with van der Waals surface area (Å²) >= 11 is 0. The fourth-order valence-electron chi connectivity index (χ4n) is 2.95. The van der Waals surface area contributed by atoms with Crippen LogP contribution in [-0.2, 0) is 26.0 Å². The number of sulfonamides is 1. The van der Waals surface area contributed by atoms with Gasteiger partial charge in [0.05, 0.1) is 4.90 Å². The summed E-state index contributed by atoms with van der Waals surface area (Å²) in [6.07, 6.45) is 3.23. The zero-order chi connectivity index (χ0) is 18.6. The lowest BCUT2D eigenvalue weighted by Gasteiger charge is -2.29. The van der Waals surface area contributed by atoms with Gasteiger partial charge in [-0.1, -0.05) is 25.8 Å². The van der Waals surface area contributed by atoms with Crippen LogP contribution in [0.15, 0.2) is 23.1 Å². The zero-order valence-electron chi connectivity index (χ0n) is 14.5. The largest absolute Gasteiger partial charge is 0.480 e. The van der Waals surface area contributed by atoms with Gasteiger partial charge >= 0.3 is 5.97 Å². The standard InChI is InChI=1S/C17H24N2O5S/c1-3-4-7-15(17(21)22)18-25(23,24)14-9-8-13-6-5-10-19(12(2)20)16(13)11-14/h8-9,11,15,18H,3-7,10H2,1-2H3,(H,21,22)/t15-/m0/s1.